The fourth-order valence-corrected chi connectivity index (χ4v) is 4.39. The maximum absolute atomic E-state index is 13.8. The average molecular weight is 527 g/mol. The van der Waals surface area contributed by atoms with E-state index in [0.29, 0.717) is 24.5 Å². The standard InChI is InChI=1S/C32H31ClN2O3/c1-38-29-18-14-27(15-19-29)23-35(31(36)21-25-10-6-3-7-11-25)30(20-24-8-4-2-5-9-24)32(37)34-22-26-12-16-28(33)17-13-26/h2-19,30H,20-23H2,1H3,(H,34,37)/t30-/m1/s1. The second-order valence-electron chi connectivity index (χ2n) is 9.08. The molecule has 0 heterocycles. The summed E-state index contributed by atoms with van der Waals surface area (Å²) in [6.45, 7) is 0.631. The molecule has 0 unspecified atom stereocenters. The Morgan fingerprint density at radius 2 is 1.34 bits per heavy atom. The van der Waals surface area contributed by atoms with Crippen LogP contribution >= 0.6 is 11.6 Å². The summed E-state index contributed by atoms with van der Waals surface area (Å²) >= 11 is 6.01. The molecule has 4 aromatic carbocycles. The van der Waals surface area contributed by atoms with Crippen LogP contribution in [0.2, 0.25) is 5.02 Å². The first-order valence-corrected chi connectivity index (χ1v) is 12.9. The normalized spacial score (nSPS) is 11.4. The van der Waals surface area contributed by atoms with Crippen LogP contribution in [0.1, 0.15) is 22.3 Å². The fraction of sp³-hybridized carbons (Fsp3) is 0.188. The first-order chi connectivity index (χ1) is 18.5. The molecule has 0 aliphatic rings. The Kier molecular flexibility index (Phi) is 9.54. The van der Waals surface area contributed by atoms with Crippen LogP contribution in [0.25, 0.3) is 0 Å². The number of ether oxygens (including phenoxy) is 1. The van der Waals surface area contributed by atoms with Crippen molar-refractivity contribution >= 4 is 23.4 Å². The van der Waals surface area contributed by atoms with E-state index in [1.807, 2.05) is 97.1 Å². The van der Waals surface area contributed by atoms with Crippen molar-refractivity contribution in [1.82, 2.24) is 10.2 Å². The van der Waals surface area contributed by atoms with Crippen molar-refractivity contribution in [2.24, 2.45) is 0 Å². The van der Waals surface area contributed by atoms with Crippen LogP contribution in [0.3, 0.4) is 0 Å². The number of amides is 2. The van der Waals surface area contributed by atoms with E-state index in [-0.39, 0.29) is 18.2 Å². The summed E-state index contributed by atoms with van der Waals surface area (Å²) in [5.41, 5.74) is 3.72. The smallest absolute Gasteiger partial charge is 0.243 e. The largest absolute Gasteiger partial charge is 0.497 e. The van der Waals surface area contributed by atoms with Crippen LogP contribution in [-0.4, -0.2) is 29.9 Å². The minimum Gasteiger partial charge on any atom is -0.497 e. The van der Waals surface area contributed by atoms with Gasteiger partial charge in [-0.2, -0.15) is 0 Å². The molecule has 0 saturated carbocycles. The van der Waals surface area contributed by atoms with Crippen molar-refractivity contribution in [2.75, 3.05) is 7.11 Å². The summed E-state index contributed by atoms with van der Waals surface area (Å²) in [4.78, 5) is 29.2. The lowest BCUT2D eigenvalue weighted by Gasteiger charge is -2.32. The average Bonchev–Trinajstić information content (AvgIpc) is 2.96. The molecule has 0 radical (unpaired) electrons. The van der Waals surface area contributed by atoms with E-state index in [4.69, 9.17) is 16.3 Å². The van der Waals surface area contributed by atoms with E-state index in [1.165, 1.54) is 0 Å². The number of carbonyl (C=O) groups excluding carboxylic acids is 2. The summed E-state index contributed by atoms with van der Waals surface area (Å²) in [6.07, 6.45) is 0.594. The molecule has 0 spiro atoms. The zero-order valence-electron chi connectivity index (χ0n) is 21.3. The van der Waals surface area contributed by atoms with Crippen LogP contribution in [0.4, 0.5) is 0 Å². The van der Waals surface area contributed by atoms with Crippen molar-refractivity contribution in [1.29, 1.82) is 0 Å². The Hall–Kier alpha value is -4.09. The molecule has 0 aromatic heterocycles. The Balaban J connectivity index is 1.63. The number of benzene rings is 4. The summed E-state index contributed by atoms with van der Waals surface area (Å²) in [7, 11) is 1.62. The lowest BCUT2D eigenvalue weighted by atomic mass is 10.0. The Labute approximate surface area is 229 Å². The number of methoxy groups -OCH3 is 1. The van der Waals surface area contributed by atoms with Gasteiger partial charge in [-0.3, -0.25) is 9.59 Å². The van der Waals surface area contributed by atoms with Gasteiger partial charge in [-0.05, 0) is 46.5 Å². The van der Waals surface area contributed by atoms with Crippen LogP contribution in [0.15, 0.2) is 109 Å². The predicted molar refractivity (Wildman–Crippen MR) is 151 cm³/mol. The summed E-state index contributed by atoms with van der Waals surface area (Å²) in [5, 5.41) is 3.68. The van der Waals surface area contributed by atoms with Crippen LogP contribution < -0.4 is 10.1 Å². The van der Waals surface area contributed by atoms with Crippen molar-refractivity contribution in [2.45, 2.75) is 32.0 Å². The molecule has 1 atom stereocenters. The third-order valence-corrected chi connectivity index (χ3v) is 6.61. The van der Waals surface area contributed by atoms with Gasteiger partial charge >= 0.3 is 0 Å². The minimum absolute atomic E-state index is 0.116. The quantitative estimate of drug-likeness (QED) is 0.267. The number of hydrogen-bond acceptors (Lipinski definition) is 3. The molecular weight excluding hydrogens is 496 g/mol. The summed E-state index contributed by atoms with van der Waals surface area (Å²) in [6, 6.07) is 33.6. The fourth-order valence-electron chi connectivity index (χ4n) is 4.26. The first-order valence-electron chi connectivity index (χ1n) is 12.5. The molecule has 0 fully saturated rings. The van der Waals surface area contributed by atoms with Gasteiger partial charge in [0.2, 0.25) is 11.8 Å². The lowest BCUT2D eigenvalue weighted by Crippen LogP contribution is -2.50. The van der Waals surface area contributed by atoms with Gasteiger partial charge in [0.25, 0.3) is 0 Å². The molecule has 0 bridgehead atoms. The highest BCUT2D eigenvalue weighted by Crippen LogP contribution is 2.19. The van der Waals surface area contributed by atoms with Gasteiger partial charge < -0.3 is 15.0 Å². The zero-order chi connectivity index (χ0) is 26.7. The number of nitrogens with one attached hydrogen (secondary N) is 1. The third-order valence-electron chi connectivity index (χ3n) is 6.36. The maximum Gasteiger partial charge on any atom is 0.243 e. The molecule has 1 N–H and O–H groups in total. The van der Waals surface area contributed by atoms with E-state index in [1.54, 1.807) is 24.1 Å². The first kappa shape index (κ1) is 27.0. The molecule has 4 aromatic rings. The lowest BCUT2D eigenvalue weighted by molar-refractivity contribution is -0.140. The van der Waals surface area contributed by atoms with Crippen LogP contribution in [-0.2, 0) is 35.5 Å². The topological polar surface area (TPSA) is 58.6 Å². The van der Waals surface area contributed by atoms with Gasteiger partial charge in [0.1, 0.15) is 11.8 Å². The van der Waals surface area contributed by atoms with Crippen molar-refractivity contribution in [3.63, 3.8) is 0 Å². The maximum atomic E-state index is 13.8. The zero-order valence-corrected chi connectivity index (χ0v) is 22.1. The van der Waals surface area contributed by atoms with Crippen molar-refractivity contribution in [3.8, 4) is 5.75 Å². The predicted octanol–water partition coefficient (Wildman–Crippen LogP) is 5.85. The molecule has 5 nitrogen and oxygen atoms in total. The van der Waals surface area contributed by atoms with Crippen molar-refractivity contribution < 1.29 is 14.3 Å². The molecule has 0 saturated heterocycles. The van der Waals surface area contributed by atoms with Gasteiger partial charge in [0.15, 0.2) is 0 Å². The van der Waals surface area contributed by atoms with E-state index in [9.17, 15) is 9.59 Å². The number of halogens is 1. The Morgan fingerprint density at radius 1 is 0.763 bits per heavy atom. The molecule has 4 rings (SSSR count). The number of carbonyl (C=O) groups is 2. The SMILES string of the molecule is COc1ccc(CN(C(=O)Cc2ccccc2)[C@H](Cc2ccccc2)C(=O)NCc2ccc(Cl)cc2)cc1. The van der Waals surface area contributed by atoms with E-state index >= 15 is 0 Å². The van der Waals surface area contributed by atoms with Gasteiger partial charge in [-0.1, -0.05) is 96.5 Å². The molecule has 38 heavy (non-hydrogen) atoms. The summed E-state index contributed by atoms with van der Waals surface area (Å²) in [5.74, 6) is 0.408. The highest BCUT2D eigenvalue weighted by atomic mass is 35.5. The highest BCUT2D eigenvalue weighted by molar-refractivity contribution is 6.30. The second-order valence-corrected chi connectivity index (χ2v) is 9.52. The van der Waals surface area contributed by atoms with Gasteiger partial charge in [0, 0.05) is 24.5 Å². The number of rotatable bonds is 11. The summed E-state index contributed by atoms with van der Waals surface area (Å²) < 4.78 is 5.29. The molecule has 0 aliphatic heterocycles. The third kappa shape index (κ3) is 7.70. The minimum atomic E-state index is -0.706. The number of nitrogens with zero attached hydrogens (tertiary/aromatic N) is 1. The van der Waals surface area contributed by atoms with Gasteiger partial charge in [0.05, 0.1) is 13.5 Å². The molecule has 194 valence electrons. The monoisotopic (exact) mass is 526 g/mol. The van der Waals surface area contributed by atoms with Crippen LogP contribution in [0.5, 0.6) is 5.75 Å². The Bertz CT molecular complexity index is 1310. The van der Waals surface area contributed by atoms with E-state index in [0.717, 1.165) is 28.0 Å². The second kappa shape index (κ2) is 13.5. The van der Waals surface area contributed by atoms with Gasteiger partial charge in [-0.25, -0.2) is 0 Å². The molecular formula is C32H31ClN2O3. The highest BCUT2D eigenvalue weighted by Gasteiger charge is 2.30. The van der Waals surface area contributed by atoms with Gasteiger partial charge in [-0.15, -0.1) is 0 Å². The van der Waals surface area contributed by atoms with E-state index < -0.39 is 6.04 Å². The molecule has 2 amide bonds. The van der Waals surface area contributed by atoms with E-state index in [2.05, 4.69) is 5.32 Å². The molecule has 6 heteroatoms. The molecule has 0 aliphatic carbocycles. The Morgan fingerprint density at radius 3 is 1.95 bits per heavy atom. The van der Waals surface area contributed by atoms with Crippen molar-refractivity contribution in [3.05, 3.63) is 136 Å². The van der Waals surface area contributed by atoms with Crippen LogP contribution in [0, 0.1) is 0 Å². The number of hydrogen-bond donors (Lipinski definition) is 1.